The Hall–Kier alpha value is -2.28. The van der Waals surface area contributed by atoms with Crippen LogP contribution in [0.3, 0.4) is 0 Å². The summed E-state index contributed by atoms with van der Waals surface area (Å²) in [5.74, 6) is 0. The zero-order valence-corrected chi connectivity index (χ0v) is 13.9. The van der Waals surface area contributed by atoms with E-state index in [1.54, 1.807) is 5.46 Å². The Labute approximate surface area is 138 Å². The molecule has 2 aliphatic heterocycles. The minimum Gasteiger partial charge on any atom is -0.0664 e. The molecule has 0 saturated heterocycles. The van der Waals surface area contributed by atoms with E-state index in [1.807, 2.05) is 0 Å². The predicted octanol–water partition coefficient (Wildman–Crippen LogP) is 3.46. The lowest BCUT2D eigenvalue weighted by Gasteiger charge is -2.24. The first-order valence-electron chi connectivity index (χ1n) is 8.43. The SMILES string of the molecule is CC(C)(C)c1ccc2c3c1-c1ccccc1B3c1ccccc1-2. The van der Waals surface area contributed by atoms with Gasteiger partial charge < -0.3 is 0 Å². The first-order chi connectivity index (χ1) is 11.1. The molecule has 0 unspecified atom stereocenters. The number of rotatable bonds is 0. The van der Waals surface area contributed by atoms with Crippen LogP contribution in [0.2, 0.25) is 0 Å². The Morgan fingerprint density at radius 1 is 0.652 bits per heavy atom. The van der Waals surface area contributed by atoms with Crippen LogP contribution in [0.4, 0.5) is 0 Å². The second-order valence-corrected chi connectivity index (χ2v) is 7.81. The first-order valence-corrected chi connectivity index (χ1v) is 8.43. The van der Waals surface area contributed by atoms with Gasteiger partial charge in [0.25, 0.3) is 0 Å². The van der Waals surface area contributed by atoms with Crippen LogP contribution in [0.15, 0.2) is 60.7 Å². The van der Waals surface area contributed by atoms with Crippen LogP contribution in [0, 0.1) is 0 Å². The topological polar surface area (TPSA) is 0 Å². The maximum absolute atomic E-state index is 2.36. The van der Waals surface area contributed by atoms with Gasteiger partial charge in [0.1, 0.15) is 0 Å². The van der Waals surface area contributed by atoms with Crippen molar-refractivity contribution in [2.24, 2.45) is 0 Å². The molecule has 2 aliphatic rings. The van der Waals surface area contributed by atoms with E-state index in [9.17, 15) is 0 Å². The smallest absolute Gasteiger partial charge is 0.0664 e. The maximum Gasteiger partial charge on any atom is 0.244 e. The van der Waals surface area contributed by atoms with E-state index in [0.717, 1.165) is 0 Å². The van der Waals surface area contributed by atoms with Crippen molar-refractivity contribution < 1.29 is 0 Å². The summed E-state index contributed by atoms with van der Waals surface area (Å²) in [6.45, 7) is 7.39. The van der Waals surface area contributed by atoms with Crippen molar-refractivity contribution in [1.29, 1.82) is 0 Å². The molecule has 0 radical (unpaired) electrons. The number of hydrogen-bond donors (Lipinski definition) is 0. The van der Waals surface area contributed by atoms with Gasteiger partial charge in [-0.05, 0) is 33.2 Å². The molecule has 5 rings (SSSR count). The number of fused-ring (bicyclic) bond motifs is 6. The van der Waals surface area contributed by atoms with Gasteiger partial charge in [0.15, 0.2) is 0 Å². The van der Waals surface area contributed by atoms with Crippen molar-refractivity contribution in [3.05, 3.63) is 66.2 Å². The van der Waals surface area contributed by atoms with Crippen molar-refractivity contribution in [1.82, 2.24) is 0 Å². The largest absolute Gasteiger partial charge is 0.244 e. The lowest BCUT2D eigenvalue weighted by Crippen LogP contribution is -2.45. The van der Waals surface area contributed by atoms with Gasteiger partial charge in [-0.15, -0.1) is 0 Å². The van der Waals surface area contributed by atoms with Gasteiger partial charge in [-0.25, -0.2) is 0 Å². The summed E-state index contributed by atoms with van der Waals surface area (Å²) >= 11 is 0. The van der Waals surface area contributed by atoms with Crippen LogP contribution in [-0.4, -0.2) is 6.71 Å². The molecule has 0 saturated carbocycles. The Balaban J connectivity index is 1.95. The highest BCUT2D eigenvalue weighted by atomic mass is 14.3. The minimum atomic E-state index is 0.154. The third kappa shape index (κ3) is 1.58. The molecule has 0 aliphatic carbocycles. The van der Waals surface area contributed by atoms with E-state index < -0.39 is 0 Å². The molecular weight excluding hydrogens is 275 g/mol. The van der Waals surface area contributed by atoms with Gasteiger partial charge in [0.05, 0.1) is 0 Å². The quantitative estimate of drug-likeness (QED) is 0.384. The van der Waals surface area contributed by atoms with Crippen LogP contribution >= 0.6 is 0 Å². The molecule has 0 N–H and O–H groups in total. The molecule has 0 aromatic heterocycles. The molecule has 0 amide bonds. The highest BCUT2D eigenvalue weighted by Crippen LogP contribution is 2.39. The lowest BCUT2D eigenvalue weighted by molar-refractivity contribution is 0.592. The summed E-state index contributed by atoms with van der Waals surface area (Å²) < 4.78 is 0. The van der Waals surface area contributed by atoms with Gasteiger partial charge in [0.2, 0.25) is 6.71 Å². The van der Waals surface area contributed by atoms with E-state index in [1.165, 1.54) is 38.7 Å². The normalized spacial score (nSPS) is 13.8. The third-order valence-corrected chi connectivity index (χ3v) is 5.45. The highest BCUT2D eigenvalue weighted by molar-refractivity contribution is 7.02. The predicted molar refractivity (Wildman–Crippen MR) is 101 cm³/mol. The molecule has 0 fully saturated rings. The molecule has 0 nitrogen and oxygen atoms in total. The van der Waals surface area contributed by atoms with Crippen molar-refractivity contribution in [3.63, 3.8) is 0 Å². The van der Waals surface area contributed by atoms with Crippen LogP contribution in [-0.2, 0) is 5.41 Å². The van der Waals surface area contributed by atoms with Crippen molar-refractivity contribution >= 4 is 23.1 Å². The van der Waals surface area contributed by atoms with Crippen molar-refractivity contribution in [3.8, 4) is 22.3 Å². The van der Waals surface area contributed by atoms with E-state index in [4.69, 9.17) is 0 Å². The van der Waals surface area contributed by atoms with Crippen LogP contribution in [0.25, 0.3) is 22.3 Å². The summed E-state index contributed by atoms with van der Waals surface area (Å²) in [6.07, 6.45) is 0. The van der Waals surface area contributed by atoms with Gasteiger partial charge in [-0.2, -0.15) is 0 Å². The number of benzene rings is 3. The zero-order chi connectivity index (χ0) is 15.8. The second-order valence-electron chi connectivity index (χ2n) is 7.81. The standard InChI is InChI=1S/C22H19B/c1-22(2,3)17-13-12-15-14-8-4-6-10-18(14)23-19-11-7-5-9-16(19)20(17)21(15)23/h4-13H,1-3H3. The molecule has 3 aromatic carbocycles. The summed E-state index contributed by atoms with van der Waals surface area (Å²) in [5.41, 5.74) is 11.9. The van der Waals surface area contributed by atoms with Crippen LogP contribution in [0.1, 0.15) is 26.3 Å². The molecule has 2 heterocycles. The maximum atomic E-state index is 2.36. The fraction of sp³-hybridized carbons (Fsp3) is 0.182. The summed E-state index contributed by atoms with van der Waals surface area (Å²) in [6, 6.07) is 22.6. The summed E-state index contributed by atoms with van der Waals surface area (Å²) in [7, 11) is 0. The molecule has 0 bridgehead atoms. The average Bonchev–Trinajstić information content (AvgIpc) is 3.05. The molecule has 0 atom stereocenters. The van der Waals surface area contributed by atoms with Crippen LogP contribution < -0.4 is 16.4 Å². The van der Waals surface area contributed by atoms with Gasteiger partial charge in [0, 0.05) is 0 Å². The van der Waals surface area contributed by atoms with E-state index in [0.29, 0.717) is 6.71 Å². The highest BCUT2D eigenvalue weighted by Gasteiger charge is 2.43. The Bertz CT molecular complexity index is 960. The Morgan fingerprint density at radius 2 is 1.26 bits per heavy atom. The molecule has 23 heavy (non-hydrogen) atoms. The van der Waals surface area contributed by atoms with Crippen LogP contribution in [0.5, 0.6) is 0 Å². The van der Waals surface area contributed by atoms with Crippen molar-refractivity contribution in [2.45, 2.75) is 26.2 Å². The fourth-order valence-corrected chi connectivity index (χ4v) is 4.52. The third-order valence-electron chi connectivity index (χ3n) is 5.45. The van der Waals surface area contributed by atoms with Gasteiger partial charge in [-0.1, -0.05) is 97.8 Å². The summed E-state index contributed by atoms with van der Waals surface area (Å²) in [4.78, 5) is 0. The zero-order valence-electron chi connectivity index (χ0n) is 13.9. The fourth-order valence-electron chi connectivity index (χ4n) is 4.52. The first kappa shape index (κ1) is 13.2. The molecule has 110 valence electrons. The Kier molecular flexibility index (Phi) is 2.39. The van der Waals surface area contributed by atoms with Crippen molar-refractivity contribution in [2.75, 3.05) is 0 Å². The van der Waals surface area contributed by atoms with E-state index in [2.05, 4.69) is 81.4 Å². The monoisotopic (exact) mass is 294 g/mol. The average molecular weight is 294 g/mol. The number of hydrogen-bond acceptors (Lipinski definition) is 0. The summed E-state index contributed by atoms with van der Waals surface area (Å²) in [5, 5.41) is 0. The Morgan fingerprint density at radius 3 is 1.96 bits per heavy atom. The minimum absolute atomic E-state index is 0.154. The van der Waals surface area contributed by atoms with E-state index >= 15 is 0 Å². The van der Waals surface area contributed by atoms with Gasteiger partial charge >= 0.3 is 0 Å². The molecule has 3 aromatic rings. The molecule has 1 heteroatoms. The van der Waals surface area contributed by atoms with Gasteiger partial charge in [-0.3, -0.25) is 0 Å². The van der Waals surface area contributed by atoms with E-state index in [-0.39, 0.29) is 5.41 Å². The second kappa shape index (κ2) is 4.17. The lowest BCUT2D eigenvalue weighted by atomic mass is 9.41. The molecule has 0 spiro atoms. The molecular formula is C22H19B.